The first kappa shape index (κ1) is 9.51. The van der Waals surface area contributed by atoms with Gasteiger partial charge in [-0.2, -0.15) is 0 Å². The molecule has 0 aromatic carbocycles. The second kappa shape index (κ2) is 4.00. The molecule has 0 spiro atoms. The van der Waals surface area contributed by atoms with Crippen molar-refractivity contribution in [1.82, 2.24) is 0 Å². The molecule has 76 valence electrons. The summed E-state index contributed by atoms with van der Waals surface area (Å²) < 4.78 is 0. The zero-order valence-electron chi connectivity index (χ0n) is 8.71. The van der Waals surface area contributed by atoms with E-state index in [9.17, 15) is 5.11 Å². The Morgan fingerprint density at radius 3 is 1.77 bits per heavy atom. The van der Waals surface area contributed by atoms with Crippen LogP contribution in [0.15, 0.2) is 0 Å². The van der Waals surface area contributed by atoms with Crippen LogP contribution in [0.3, 0.4) is 0 Å². The molecule has 0 aliphatic heterocycles. The minimum atomic E-state index is 0.400. The van der Waals surface area contributed by atoms with Gasteiger partial charge in [0.05, 0.1) is 0 Å². The Labute approximate surface area is 81.5 Å². The maximum Gasteiger partial charge on any atom is 0.0459 e. The lowest BCUT2D eigenvalue weighted by Gasteiger charge is -2.45. The normalized spacial score (nSPS) is 27.0. The first-order valence-corrected chi connectivity index (χ1v) is 5.93. The number of hydrogen-bond donors (Lipinski definition) is 1. The van der Waals surface area contributed by atoms with E-state index in [2.05, 4.69) is 6.92 Å². The Kier molecular flexibility index (Phi) is 2.92. The molecular formula is C12H22O. The molecule has 0 radical (unpaired) electrons. The molecule has 0 unspecified atom stereocenters. The Bertz CT molecular complexity index is 138. The van der Waals surface area contributed by atoms with Gasteiger partial charge >= 0.3 is 0 Å². The Hall–Kier alpha value is -0.0400. The van der Waals surface area contributed by atoms with Crippen molar-refractivity contribution in [1.29, 1.82) is 0 Å². The van der Waals surface area contributed by atoms with Gasteiger partial charge < -0.3 is 5.11 Å². The Morgan fingerprint density at radius 1 is 1.08 bits per heavy atom. The molecule has 2 saturated carbocycles. The van der Waals surface area contributed by atoms with Gasteiger partial charge in [-0.15, -0.1) is 0 Å². The van der Waals surface area contributed by atoms with Crippen LogP contribution in [0.1, 0.15) is 45.4 Å². The molecule has 0 saturated heterocycles. The summed E-state index contributed by atoms with van der Waals surface area (Å²) in [7, 11) is 0. The summed E-state index contributed by atoms with van der Waals surface area (Å²) >= 11 is 0. The van der Waals surface area contributed by atoms with Crippen LogP contribution in [-0.4, -0.2) is 11.7 Å². The van der Waals surface area contributed by atoms with Gasteiger partial charge in [-0.1, -0.05) is 45.4 Å². The minimum absolute atomic E-state index is 0.400. The lowest BCUT2D eigenvalue weighted by molar-refractivity contribution is 0.0269. The molecule has 1 nitrogen and oxygen atoms in total. The highest BCUT2D eigenvalue weighted by atomic mass is 16.3. The second-order valence-corrected chi connectivity index (χ2v) is 5.12. The number of aliphatic hydroxyl groups excluding tert-OH is 1. The van der Waals surface area contributed by atoms with E-state index in [0.717, 1.165) is 17.8 Å². The topological polar surface area (TPSA) is 20.2 Å². The summed E-state index contributed by atoms with van der Waals surface area (Å²) in [6.07, 6.45) is 8.62. The van der Waals surface area contributed by atoms with Gasteiger partial charge in [-0.05, 0) is 23.7 Å². The van der Waals surface area contributed by atoms with E-state index >= 15 is 0 Å². The van der Waals surface area contributed by atoms with Gasteiger partial charge in [0.25, 0.3) is 0 Å². The summed E-state index contributed by atoms with van der Waals surface area (Å²) in [6, 6.07) is 0. The van der Waals surface area contributed by atoms with E-state index in [1.165, 1.54) is 38.5 Å². The third-order valence-electron chi connectivity index (χ3n) is 4.33. The molecule has 0 aromatic rings. The van der Waals surface area contributed by atoms with Gasteiger partial charge in [0.15, 0.2) is 0 Å². The summed E-state index contributed by atoms with van der Waals surface area (Å²) in [5.41, 5.74) is 0. The minimum Gasteiger partial charge on any atom is -0.396 e. The predicted octanol–water partition coefficient (Wildman–Crippen LogP) is 2.83. The fourth-order valence-electron chi connectivity index (χ4n) is 3.09. The predicted molar refractivity (Wildman–Crippen MR) is 54.4 cm³/mol. The van der Waals surface area contributed by atoms with Gasteiger partial charge in [0.2, 0.25) is 0 Å². The van der Waals surface area contributed by atoms with Crippen LogP contribution in [0.2, 0.25) is 0 Å². The van der Waals surface area contributed by atoms with Crippen LogP contribution in [0, 0.1) is 23.7 Å². The third-order valence-corrected chi connectivity index (χ3v) is 4.33. The van der Waals surface area contributed by atoms with Gasteiger partial charge in [0.1, 0.15) is 0 Å². The average Bonchev–Trinajstić information content (AvgIpc) is 1.95. The lowest BCUT2D eigenvalue weighted by atomic mass is 9.61. The Balaban J connectivity index is 1.92. The SMILES string of the molecule is C[C@H](CO)C(C1CCC1)C1CCC1. The molecule has 1 heteroatoms. The van der Waals surface area contributed by atoms with E-state index in [1.54, 1.807) is 0 Å². The van der Waals surface area contributed by atoms with E-state index in [-0.39, 0.29) is 0 Å². The molecule has 0 heterocycles. The standard InChI is InChI=1S/C12H22O/c1-9(8-13)12(10-4-2-5-10)11-6-3-7-11/h9-13H,2-8H2,1H3/t9-/m1/s1. The fourth-order valence-corrected chi connectivity index (χ4v) is 3.09. The van der Waals surface area contributed by atoms with E-state index in [0.29, 0.717) is 12.5 Å². The van der Waals surface area contributed by atoms with Gasteiger partial charge in [-0.25, -0.2) is 0 Å². The van der Waals surface area contributed by atoms with Crippen molar-refractivity contribution >= 4 is 0 Å². The largest absolute Gasteiger partial charge is 0.396 e. The third kappa shape index (κ3) is 1.76. The Morgan fingerprint density at radius 2 is 1.54 bits per heavy atom. The van der Waals surface area contributed by atoms with E-state index in [1.807, 2.05) is 0 Å². The molecule has 2 aliphatic rings. The van der Waals surface area contributed by atoms with Crippen molar-refractivity contribution < 1.29 is 5.11 Å². The second-order valence-electron chi connectivity index (χ2n) is 5.12. The number of rotatable bonds is 4. The highest BCUT2D eigenvalue weighted by molar-refractivity contribution is 4.88. The van der Waals surface area contributed by atoms with Crippen LogP contribution in [0.25, 0.3) is 0 Å². The zero-order chi connectivity index (χ0) is 9.26. The summed E-state index contributed by atoms with van der Waals surface area (Å²) in [6.45, 7) is 2.64. The van der Waals surface area contributed by atoms with Crippen LogP contribution >= 0.6 is 0 Å². The van der Waals surface area contributed by atoms with Crippen molar-refractivity contribution in [3.05, 3.63) is 0 Å². The van der Waals surface area contributed by atoms with E-state index < -0.39 is 0 Å². The van der Waals surface area contributed by atoms with Gasteiger partial charge in [-0.3, -0.25) is 0 Å². The van der Waals surface area contributed by atoms with Crippen molar-refractivity contribution in [2.45, 2.75) is 45.4 Å². The molecule has 0 bridgehead atoms. The molecule has 2 aliphatic carbocycles. The van der Waals surface area contributed by atoms with Gasteiger partial charge in [0, 0.05) is 6.61 Å². The molecule has 0 aromatic heterocycles. The molecule has 13 heavy (non-hydrogen) atoms. The summed E-state index contributed by atoms with van der Waals surface area (Å²) in [5.74, 6) is 3.34. The van der Waals surface area contributed by atoms with Crippen molar-refractivity contribution in [2.75, 3.05) is 6.61 Å². The van der Waals surface area contributed by atoms with Crippen LogP contribution in [-0.2, 0) is 0 Å². The molecular weight excluding hydrogens is 160 g/mol. The molecule has 2 rings (SSSR count). The highest BCUT2D eigenvalue weighted by Crippen LogP contribution is 2.47. The maximum atomic E-state index is 9.24. The van der Waals surface area contributed by atoms with Crippen molar-refractivity contribution in [2.24, 2.45) is 23.7 Å². The first-order chi connectivity index (χ1) is 6.33. The van der Waals surface area contributed by atoms with Crippen LogP contribution in [0.5, 0.6) is 0 Å². The quantitative estimate of drug-likeness (QED) is 0.709. The monoisotopic (exact) mass is 182 g/mol. The summed E-state index contributed by atoms with van der Waals surface area (Å²) in [4.78, 5) is 0. The highest BCUT2D eigenvalue weighted by Gasteiger charge is 2.38. The molecule has 1 N–H and O–H groups in total. The molecule has 1 atom stereocenters. The fraction of sp³-hybridized carbons (Fsp3) is 1.00. The maximum absolute atomic E-state index is 9.24. The molecule has 2 fully saturated rings. The summed E-state index contributed by atoms with van der Waals surface area (Å²) in [5, 5.41) is 9.24. The molecule has 0 amide bonds. The van der Waals surface area contributed by atoms with Crippen molar-refractivity contribution in [3.63, 3.8) is 0 Å². The zero-order valence-corrected chi connectivity index (χ0v) is 8.71. The number of hydrogen-bond acceptors (Lipinski definition) is 1. The smallest absolute Gasteiger partial charge is 0.0459 e. The number of aliphatic hydroxyl groups is 1. The van der Waals surface area contributed by atoms with Crippen LogP contribution in [0.4, 0.5) is 0 Å². The first-order valence-electron chi connectivity index (χ1n) is 5.93. The van der Waals surface area contributed by atoms with E-state index in [4.69, 9.17) is 0 Å². The lowest BCUT2D eigenvalue weighted by Crippen LogP contribution is -2.37. The average molecular weight is 182 g/mol. The van der Waals surface area contributed by atoms with Crippen molar-refractivity contribution in [3.8, 4) is 0 Å². The van der Waals surface area contributed by atoms with Crippen LogP contribution < -0.4 is 0 Å².